The van der Waals surface area contributed by atoms with Gasteiger partial charge in [-0.15, -0.1) is 0 Å². The summed E-state index contributed by atoms with van der Waals surface area (Å²) in [5, 5.41) is 10.9. The van der Waals surface area contributed by atoms with E-state index in [1.807, 2.05) is 29.0 Å². The number of para-hydroxylation sites is 1. The van der Waals surface area contributed by atoms with E-state index in [-0.39, 0.29) is 0 Å². The lowest BCUT2D eigenvalue weighted by Crippen LogP contribution is -2.36. The topological polar surface area (TPSA) is 80.3 Å². The van der Waals surface area contributed by atoms with Gasteiger partial charge in [-0.3, -0.25) is 0 Å². The fourth-order valence-electron chi connectivity index (χ4n) is 3.29. The molecule has 0 spiro atoms. The first kappa shape index (κ1) is 20.6. The summed E-state index contributed by atoms with van der Waals surface area (Å²) < 4.78 is 7.50. The third-order valence-corrected chi connectivity index (χ3v) is 4.94. The summed E-state index contributed by atoms with van der Waals surface area (Å²) >= 11 is 0. The Morgan fingerprint density at radius 1 is 1.17 bits per heavy atom. The van der Waals surface area contributed by atoms with Crippen LogP contribution in [0.25, 0.3) is 5.69 Å². The number of nitrogens with zero attached hydrogens (tertiary/aromatic N) is 4. The second-order valence-electron chi connectivity index (χ2n) is 6.88. The molecule has 1 aromatic carbocycles. The van der Waals surface area contributed by atoms with E-state index >= 15 is 0 Å². The Morgan fingerprint density at radius 2 is 2.00 bits per heavy atom. The number of imidazole rings is 1. The Kier molecular flexibility index (Phi) is 7.44. The molecule has 154 valence electrons. The molecule has 0 fully saturated rings. The molecule has 2 aromatic heterocycles. The number of aliphatic imine (C=N–C) groups is 1. The van der Waals surface area contributed by atoms with Gasteiger partial charge in [-0.05, 0) is 31.4 Å². The molecule has 0 saturated heterocycles. The lowest BCUT2D eigenvalue weighted by atomic mass is 9.99. The molecule has 2 heterocycles. The third-order valence-electron chi connectivity index (χ3n) is 4.94. The van der Waals surface area contributed by atoms with E-state index < -0.39 is 0 Å². The molecular weight excluding hydrogens is 364 g/mol. The van der Waals surface area contributed by atoms with Crippen LogP contribution in [0.4, 0.5) is 0 Å². The molecule has 2 N–H and O–H groups in total. The highest BCUT2D eigenvalue weighted by atomic mass is 16.5. The van der Waals surface area contributed by atoms with Gasteiger partial charge in [0.2, 0.25) is 0 Å². The van der Waals surface area contributed by atoms with Gasteiger partial charge in [-0.25, -0.2) is 9.98 Å². The summed E-state index contributed by atoms with van der Waals surface area (Å²) in [4.78, 5) is 8.88. The van der Waals surface area contributed by atoms with E-state index in [2.05, 4.69) is 53.7 Å². The summed E-state index contributed by atoms with van der Waals surface area (Å²) in [5.41, 5.74) is 3.23. The lowest BCUT2D eigenvalue weighted by molar-refractivity contribution is 0.368. The maximum atomic E-state index is 5.50. The predicted octanol–water partition coefficient (Wildman–Crippen LogP) is 4.02. The SMILES string of the molecule is CCNC(=NCc1ccccc1-n1ccnc1)NCc1cc(C(CC)CC)no1. The molecule has 3 aromatic rings. The Labute approximate surface area is 172 Å². The molecule has 7 nitrogen and oxygen atoms in total. The Balaban J connectivity index is 1.67. The molecule has 0 amide bonds. The molecule has 0 bridgehead atoms. The summed E-state index contributed by atoms with van der Waals surface area (Å²) in [6, 6.07) is 10.2. The van der Waals surface area contributed by atoms with E-state index in [0.29, 0.717) is 19.0 Å². The van der Waals surface area contributed by atoms with Crippen molar-refractivity contribution in [2.45, 2.75) is 52.6 Å². The molecule has 29 heavy (non-hydrogen) atoms. The molecule has 0 aliphatic heterocycles. The minimum Gasteiger partial charge on any atom is -0.359 e. The summed E-state index contributed by atoms with van der Waals surface area (Å²) in [6.07, 6.45) is 7.65. The van der Waals surface area contributed by atoms with Gasteiger partial charge in [0.05, 0.1) is 30.8 Å². The van der Waals surface area contributed by atoms with Crippen molar-refractivity contribution in [2.75, 3.05) is 6.54 Å². The molecule has 0 radical (unpaired) electrons. The number of hydrogen-bond acceptors (Lipinski definition) is 4. The minimum absolute atomic E-state index is 0.453. The normalized spacial score (nSPS) is 11.8. The number of nitrogens with one attached hydrogen (secondary N) is 2. The van der Waals surface area contributed by atoms with Crippen LogP contribution in [-0.2, 0) is 13.1 Å². The summed E-state index contributed by atoms with van der Waals surface area (Å²) in [7, 11) is 0. The van der Waals surface area contributed by atoms with Crippen LogP contribution < -0.4 is 10.6 Å². The smallest absolute Gasteiger partial charge is 0.191 e. The molecule has 0 unspecified atom stereocenters. The van der Waals surface area contributed by atoms with Crippen LogP contribution in [-0.4, -0.2) is 27.2 Å². The van der Waals surface area contributed by atoms with Crippen LogP contribution >= 0.6 is 0 Å². The monoisotopic (exact) mass is 394 g/mol. The van der Waals surface area contributed by atoms with E-state index in [9.17, 15) is 0 Å². The van der Waals surface area contributed by atoms with Gasteiger partial charge < -0.3 is 19.7 Å². The summed E-state index contributed by atoms with van der Waals surface area (Å²) in [6.45, 7) is 8.29. The number of aromatic nitrogens is 3. The first-order chi connectivity index (χ1) is 14.2. The van der Waals surface area contributed by atoms with Gasteiger partial charge in [0.1, 0.15) is 0 Å². The fraction of sp³-hybridized carbons (Fsp3) is 0.409. The van der Waals surface area contributed by atoms with Crippen molar-refractivity contribution in [3.8, 4) is 5.69 Å². The zero-order chi connectivity index (χ0) is 20.5. The third kappa shape index (κ3) is 5.47. The number of benzene rings is 1. The molecule has 0 aliphatic carbocycles. The quantitative estimate of drug-likeness (QED) is 0.423. The van der Waals surface area contributed by atoms with Crippen LogP contribution in [0.3, 0.4) is 0 Å². The van der Waals surface area contributed by atoms with Crippen molar-refractivity contribution in [1.29, 1.82) is 0 Å². The van der Waals surface area contributed by atoms with Crippen molar-refractivity contribution in [3.05, 3.63) is 66.1 Å². The van der Waals surface area contributed by atoms with Crippen LogP contribution in [0.1, 0.15) is 56.5 Å². The Bertz CT molecular complexity index is 896. The zero-order valence-corrected chi connectivity index (χ0v) is 17.4. The molecular formula is C22H30N6O. The molecule has 3 rings (SSSR count). The van der Waals surface area contributed by atoms with Gasteiger partial charge in [0, 0.05) is 30.9 Å². The van der Waals surface area contributed by atoms with Crippen molar-refractivity contribution in [3.63, 3.8) is 0 Å². The Morgan fingerprint density at radius 3 is 2.72 bits per heavy atom. The number of guanidine groups is 1. The number of rotatable bonds is 9. The highest BCUT2D eigenvalue weighted by molar-refractivity contribution is 5.79. The van der Waals surface area contributed by atoms with Crippen molar-refractivity contribution < 1.29 is 4.52 Å². The van der Waals surface area contributed by atoms with Gasteiger partial charge in [-0.1, -0.05) is 37.2 Å². The maximum Gasteiger partial charge on any atom is 0.191 e. The zero-order valence-electron chi connectivity index (χ0n) is 17.4. The van der Waals surface area contributed by atoms with E-state index in [1.165, 1.54) is 0 Å². The second-order valence-corrected chi connectivity index (χ2v) is 6.88. The maximum absolute atomic E-state index is 5.50. The summed E-state index contributed by atoms with van der Waals surface area (Å²) in [5.74, 6) is 2.01. The molecule has 0 saturated carbocycles. The highest BCUT2D eigenvalue weighted by Gasteiger charge is 2.13. The second kappa shape index (κ2) is 10.5. The van der Waals surface area contributed by atoms with Crippen LogP contribution in [0.2, 0.25) is 0 Å². The molecule has 0 aliphatic rings. The minimum atomic E-state index is 0.453. The van der Waals surface area contributed by atoms with E-state index in [1.54, 1.807) is 12.5 Å². The van der Waals surface area contributed by atoms with Gasteiger partial charge in [0.25, 0.3) is 0 Å². The predicted molar refractivity (Wildman–Crippen MR) is 115 cm³/mol. The average molecular weight is 395 g/mol. The number of hydrogen-bond donors (Lipinski definition) is 2. The van der Waals surface area contributed by atoms with Crippen LogP contribution in [0.15, 0.2) is 58.6 Å². The largest absolute Gasteiger partial charge is 0.359 e. The lowest BCUT2D eigenvalue weighted by Gasteiger charge is -2.12. The van der Waals surface area contributed by atoms with Crippen LogP contribution in [0, 0.1) is 0 Å². The first-order valence-electron chi connectivity index (χ1n) is 10.3. The van der Waals surface area contributed by atoms with Crippen LogP contribution in [0.5, 0.6) is 0 Å². The van der Waals surface area contributed by atoms with E-state index in [0.717, 1.165) is 48.1 Å². The standard InChI is InChI=1S/C22H30N6O/c1-4-17(5-2)20-13-19(29-27-20)15-26-22(24-6-3)25-14-18-9-7-8-10-21(18)28-12-11-23-16-28/h7-13,16-17H,4-6,14-15H2,1-3H3,(H2,24,25,26). The first-order valence-corrected chi connectivity index (χ1v) is 10.3. The molecule has 7 heteroatoms. The molecule has 0 atom stereocenters. The van der Waals surface area contributed by atoms with Crippen molar-refractivity contribution in [2.24, 2.45) is 4.99 Å². The van der Waals surface area contributed by atoms with E-state index in [4.69, 9.17) is 9.52 Å². The van der Waals surface area contributed by atoms with Crippen molar-refractivity contribution in [1.82, 2.24) is 25.3 Å². The van der Waals surface area contributed by atoms with Gasteiger partial charge in [0.15, 0.2) is 11.7 Å². The Hall–Kier alpha value is -3.09. The van der Waals surface area contributed by atoms with Gasteiger partial charge in [-0.2, -0.15) is 0 Å². The van der Waals surface area contributed by atoms with Gasteiger partial charge >= 0.3 is 0 Å². The average Bonchev–Trinajstić information content (AvgIpc) is 3.44. The highest BCUT2D eigenvalue weighted by Crippen LogP contribution is 2.22. The van der Waals surface area contributed by atoms with Crippen molar-refractivity contribution >= 4 is 5.96 Å². The fourth-order valence-corrected chi connectivity index (χ4v) is 3.29.